The Labute approximate surface area is 136 Å². The highest BCUT2D eigenvalue weighted by molar-refractivity contribution is 9.10. The molecule has 0 heterocycles. The summed E-state index contributed by atoms with van der Waals surface area (Å²) in [5.74, 6) is -0.120. The van der Waals surface area contributed by atoms with E-state index in [2.05, 4.69) is 27.3 Å². The van der Waals surface area contributed by atoms with Crippen molar-refractivity contribution in [2.24, 2.45) is 0 Å². The fourth-order valence-electron chi connectivity index (χ4n) is 1.69. The van der Waals surface area contributed by atoms with Gasteiger partial charge in [0.05, 0.1) is 16.5 Å². The van der Waals surface area contributed by atoms with Gasteiger partial charge >= 0.3 is 0 Å². The number of benzene rings is 2. The molecule has 0 aliphatic carbocycles. The summed E-state index contributed by atoms with van der Waals surface area (Å²) in [6.07, 6.45) is 0. The molecule has 5 heteroatoms. The van der Waals surface area contributed by atoms with Gasteiger partial charge in [-0.15, -0.1) is 11.8 Å². The predicted octanol–water partition coefficient (Wildman–Crippen LogP) is 4.44. The Balaban J connectivity index is 2.03. The smallest absolute Gasteiger partial charge is 0.237 e. The summed E-state index contributed by atoms with van der Waals surface area (Å²) in [6, 6.07) is 16.9. The second kappa shape index (κ2) is 7.30. The maximum absolute atomic E-state index is 12.2. The van der Waals surface area contributed by atoms with Gasteiger partial charge in [-0.05, 0) is 43.3 Å². The third-order valence-electron chi connectivity index (χ3n) is 2.80. The molecule has 3 nitrogen and oxygen atoms in total. The van der Waals surface area contributed by atoms with Crippen molar-refractivity contribution in [1.29, 1.82) is 5.26 Å². The summed E-state index contributed by atoms with van der Waals surface area (Å²) in [7, 11) is 0. The van der Waals surface area contributed by atoms with Crippen LogP contribution in [-0.4, -0.2) is 11.2 Å². The second-order valence-corrected chi connectivity index (χ2v) is 6.69. The molecule has 21 heavy (non-hydrogen) atoms. The van der Waals surface area contributed by atoms with Gasteiger partial charge < -0.3 is 5.32 Å². The third kappa shape index (κ3) is 4.35. The van der Waals surface area contributed by atoms with E-state index in [-0.39, 0.29) is 11.2 Å². The van der Waals surface area contributed by atoms with Gasteiger partial charge in [-0.1, -0.05) is 28.1 Å². The van der Waals surface area contributed by atoms with Gasteiger partial charge in [-0.25, -0.2) is 0 Å². The molecule has 0 unspecified atom stereocenters. The highest BCUT2D eigenvalue weighted by atomic mass is 79.9. The van der Waals surface area contributed by atoms with Crippen molar-refractivity contribution < 1.29 is 4.79 Å². The Morgan fingerprint density at radius 2 is 1.90 bits per heavy atom. The molecule has 2 rings (SSSR count). The molecule has 0 fully saturated rings. The monoisotopic (exact) mass is 360 g/mol. The molecule has 0 saturated carbocycles. The Kier molecular flexibility index (Phi) is 5.43. The SMILES string of the molecule is C[C@@H](Sc1ccc(Br)cc1)C(=O)Nc1ccccc1C#N. The highest BCUT2D eigenvalue weighted by Crippen LogP contribution is 2.26. The Morgan fingerprint density at radius 1 is 1.24 bits per heavy atom. The number of anilines is 1. The van der Waals surface area contributed by atoms with Crippen LogP contribution in [0.1, 0.15) is 12.5 Å². The van der Waals surface area contributed by atoms with E-state index in [9.17, 15) is 4.79 Å². The van der Waals surface area contributed by atoms with Crippen LogP contribution in [0, 0.1) is 11.3 Å². The van der Waals surface area contributed by atoms with E-state index in [0.29, 0.717) is 11.3 Å². The van der Waals surface area contributed by atoms with Crippen LogP contribution in [0.2, 0.25) is 0 Å². The Hall–Kier alpha value is -1.77. The first-order valence-corrected chi connectivity index (χ1v) is 7.99. The zero-order chi connectivity index (χ0) is 15.2. The molecule has 2 aromatic carbocycles. The first-order valence-electron chi connectivity index (χ1n) is 6.32. The number of nitriles is 1. The molecule has 0 aromatic heterocycles. The fourth-order valence-corrected chi connectivity index (χ4v) is 2.83. The van der Waals surface area contributed by atoms with Crippen LogP contribution in [-0.2, 0) is 4.79 Å². The van der Waals surface area contributed by atoms with E-state index in [4.69, 9.17) is 5.26 Å². The van der Waals surface area contributed by atoms with E-state index in [1.165, 1.54) is 11.8 Å². The minimum absolute atomic E-state index is 0.120. The van der Waals surface area contributed by atoms with Crippen molar-refractivity contribution in [3.05, 3.63) is 58.6 Å². The molecule has 0 aliphatic heterocycles. The summed E-state index contributed by atoms with van der Waals surface area (Å²) in [5, 5.41) is 11.6. The average Bonchev–Trinajstić information content (AvgIpc) is 2.50. The Morgan fingerprint density at radius 3 is 2.57 bits per heavy atom. The number of nitrogens with zero attached hydrogens (tertiary/aromatic N) is 1. The number of carbonyl (C=O) groups is 1. The molecule has 1 amide bonds. The van der Waals surface area contributed by atoms with Gasteiger partial charge in [0.1, 0.15) is 6.07 Å². The lowest BCUT2D eigenvalue weighted by Crippen LogP contribution is -2.22. The number of para-hydroxylation sites is 1. The van der Waals surface area contributed by atoms with E-state index in [1.54, 1.807) is 24.3 Å². The first-order chi connectivity index (χ1) is 10.1. The maximum atomic E-state index is 12.2. The fraction of sp³-hybridized carbons (Fsp3) is 0.125. The standard InChI is InChI=1S/C16H13BrN2OS/c1-11(21-14-8-6-13(17)7-9-14)16(20)19-15-5-3-2-4-12(15)10-18/h2-9,11H,1H3,(H,19,20)/t11-/m1/s1. The zero-order valence-electron chi connectivity index (χ0n) is 11.3. The molecule has 0 saturated heterocycles. The van der Waals surface area contributed by atoms with Crippen molar-refractivity contribution in [3.8, 4) is 6.07 Å². The molecule has 106 valence electrons. The number of hydrogen-bond donors (Lipinski definition) is 1. The molecule has 2 aromatic rings. The number of amides is 1. The van der Waals surface area contributed by atoms with Gasteiger partial charge in [0, 0.05) is 9.37 Å². The maximum Gasteiger partial charge on any atom is 0.237 e. The van der Waals surface area contributed by atoms with E-state index < -0.39 is 0 Å². The molecule has 0 radical (unpaired) electrons. The van der Waals surface area contributed by atoms with Gasteiger partial charge in [0.2, 0.25) is 5.91 Å². The van der Waals surface area contributed by atoms with Crippen molar-refractivity contribution >= 4 is 39.3 Å². The van der Waals surface area contributed by atoms with Crippen LogP contribution in [0.3, 0.4) is 0 Å². The number of halogens is 1. The van der Waals surface area contributed by atoms with Crippen molar-refractivity contribution in [2.45, 2.75) is 17.1 Å². The summed E-state index contributed by atoms with van der Waals surface area (Å²) in [4.78, 5) is 13.2. The molecule has 0 aliphatic rings. The molecular weight excluding hydrogens is 348 g/mol. The van der Waals surface area contributed by atoms with Crippen molar-refractivity contribution in [3.63, 3.8) is 0 Å². The van der Waals surface area contributed by atoms with Gasteiger partial charge in [0.15, 0.2) is 0 Å². The van der Waals surface area contributed by atoms with Crippen LogP contribution in [0.4, 0.5) is 5.69 Å². The summed E-state index contributed by atoms with van der Waals surface area (Å²) in [6.45, 7) is 1.84. The summed E-state index contributed by atoms with van der Waals surface area (Å²) in [5.41, 5.74) is 1.01. The number of thioether (sulfide) groups is 1. The highest BCUT2D eigenvalue weighted by Gasteiger charge is 2.15. The van der Waals surface area contributed by atoms with Crippen LogP contribution in [0.25, 0.3) is 0 Å². The van der Waals surface area contributed by atoms with E-state index in [0.717, 1.165) is 9.37 Å². The molecule has 1 atom stereocenters. The van der Waals surface area contributed by atoms with Gasteiger partial charge in [-0.2, -0.15) is 5.26 Å². The predicted molar refractivity (Wildman–Crippen MR) is 89.2 cm³/mol. The average molecular weight is 361 g/mol. The first kappa shape index (κ1) is 15.6. The summed E-state index contributed by atoms with van der Waals surface area (Å²) < 4.78 is 1.01. The third-order valence-corrected chi connectivity index (χ3v) is 4.44. The lowest BCUT2D eigenvalue weighted by Gasteiger charge is -2.12. The van der Waals surface area contributed by atoms with Crippen LogP contribution < -0.4 is 5.32 Å². The van der Waals surface area contributed by atoms with Gasteiger partial charge in [-0.3, -0.25) is 4.79 Å². The van der Waals surface area contributed by atoms with Crippen LogP contribution in [0.15, 0.2) is 57.9 Å². The molecule has 0 spiro atoms. The lowest BCUT2D eigenvalue weighted by atomic mass is 10.2. The number of nitrogens with one attached hydrogen (secondary N) is 1. The quantitative estimate of drug-likeness (QED) is 0.819. The minimum atomic E-state index is -0.252. The number of rotatable bonds is 4. The van der Waals surface area contributed by atoms with E-state index in [1.807, 2.05) is 31.2 Å². The number of carbonyl (C=O) groups excluding carboxylic acids is 1. The normalized spacial score (nSPS) is 11.5. The molecule has 1 N–H and O–H groups in total. The summed E-state index contributed by atoms with van der Waals surface area (Å²) >= 11 is 4.86. The number of hydrogen-bond acceptors (Lipinski definition) is 3. The molecular formula is C16H13BrN2OS. The van der Waals surface area contributed by atoms with Gasteiger partial charge in [0.25, 0.3) is 0 Å². The molecule has 0 bridgehead atoms. The van der Waals surface area contributed by atoms with Crippen molar-refractivity contribution in [1.82, 2.24) is 0 Å². The van der Waals surface area contributed by atoms with Crippen LogP contribution in [0.5, 0.6) is 0 Å². The van der Waals surface area contributed by atoms with Crippen molar-refractivity contribution in [2.75, 3.05) is 5.32 Å². The largest absolute Gasteiger partial charge is 0.324 e. The minimum Gasteiger partial charge on any atom is -0.324 e. The van der Waals surface area contributed by atoms with E-state index >= 15 is 0 Å². The zero-order valence-corrected chi connectivity index (χ0v) is 13.7. The topological polar surface area (TPSA) is 52.9 Å². The Bertz CT molecular complexity index is 679. The second-order valence-electron chi connectivity index (χ2n) is 4.36. The van der Waals surface area contributed by atoms with Crippen LogP contribution >= 0.6 is 27.7 Å². The lowest BCUT2D eigenvalue weighted by molar-refractivity contribution is -0.115.